The van der Waals surface area contributed by atoms with Crippen LogP contribution < -0.4 is 0 Å². The van der Waals surface area contributed by atoms with Gasteiger partial charge in [0.05, 0.1) is 6.61 Å². The molecule has 1 rings (SSSR count). The van der Waals surface area contributed by atoms with Crippen LogP contribution in [0.4, 0.5) is 0 Å². The molecule has 0 unspecified atom stereocenters. The van der Waals surface area contributed by atoms with Crippen molar-refractivity contribution >= 4 is 6.29 Å². The topological polar surface area (TPSA) is 35.5 Å². The number of methoxy groups -OCH3 is 1. The molecule has 0 spiro atoms. The summed E-state index contributed by atoms with van der Waals surface area (Å²) in [6, 6.07) is 0. The van der Waals surface area contributed by atoms with Gasteiger partial charge in [0.25, 0.3) is 0 Å². The Morgan fingerprint density at radius 2 is 2.06 bits per heavy atom. The highest BCUT2D eigenvalue weighted by Crippen LogP contribution is 2.60. The van der Waals surface area contributed by atoms with Crippen molar-refractivity contribution in [2.75, 3.05) is 20.5 Å². The van der Waals surface area contributed by atoms with Crippen molar-refractivity contribution in [1.82, 2.24) is 0 Å². The molecule has 1 aliphatic carbocycles. The van der Waals surface area contributed by atoms with E-state index in [-0.39, 0.29) is 11.3 Å². The van der Waals surface area contributed by atoms with Crippen molar-refractivity contribution in [2.24, 2.45) is 17.3 Å². The molecule has 0 amide bonds. The lowest BCUT2D eigenvalue weighted by atomic mass is 9.96. The van der Waals surface area contributed by atoms with Crippen molar-refractivity contribution in [3.8, 4) is 0 Å². The minimum absolute atomic E-state index is 0.184. The van der Waals surface area contributed by atoms with E-state index in [1.54, 1.807) is 7.11 Å². The Kier molecular flexibility index (Phi) is 6.14. The van der Waals surface area contributed by atoms with Crippen LogP contribution in [0, 0.1) is 17.3 Å². The molecule has 1 saturated carbocycles. The number of carbonyl (C=O) groups is 1. The largest absolute Gasteiger partial charge is 0.359 e. The van der Waals surface area contributed by atoms with E-state index >= 15 is 0 Å². The highest BCUT2D eigenvalue weighted by atomic mass is 16.7. The van der Waals surface area contributed by atoms with Crippen LogP contribution >= 0.6 is 0 Å². The van der Waals surface area contributed by atoms with Crippen LogP contribution in [0.5, 0.6) is 0 Å². The van der Waals surface area contributed by atoms with Gasteiger partial charge in [0.2, 0.25) is 0 Å². The van der Waals surface area contributed by atoms with Crippen LogP contribution in [0.2, 0.25) is 0 Å². The molecule has 1 aliphatic rings. The highest BCUT2D eigenvalue weighted by molar-refractivity contribution is 5.61. The normalized spacial score (nSPS) is 31.5. The summed E-state index contributed by atoms with van der Waals surface area (Å²) in [5.41, 5.74) is 0.184. The molecule has 0 aliphatic heterocycles. The molecule has 0 aromatic carbocycles. The lowest BCUT2D eigenvalue weighted by Crippen LogP contribution is -2.06. The van der Waals surface area contributed by atoms with Gasteiger partial charge in [-0.3, -0.25) is 0 Å². The fraction of sp³-hybridized carbons (Fsp3) is 0.929. The first-order valence-electron chi connectivity index (χ1n) is 6.72. The molecule has 0 saturated heterocycles. The van der Waals surface area contributed by atoms with Gasteiger partial charge in [-0.25, -0.2) is 0 Å². The number of unbranched alkanes of at least 4 members (excludes halogenated alkanes) is 3. The van der Waals surface area contributed by atoms with Gasteiger partial charge in [0, 0.05) is 13.0 Å². The Bertz CT molecular complexity index is 230. The van der Waals surface area contributed by atoms with Gasteiger partial charge in [-0.1, -0.05) is 39.5 Å². The standard InChI is InChI=1S/C14H26O3/c1-4-5-6-7-8-14(2)12(9-15)13(14)10-17-11-16-3/h9,12-13H,4-8,10-11H2,1-3H3/t12-,13+,14+/m0/s1. The molecule has 0 aromatic rings. The zero-order valence-electron chi connectivity index (χ0n) is 11.4. The Morgan fingerprint density at radius 3 is 2.65 bits per heavy atom. The summed E-state index contributed by atoms with van der Waals surface area (Å²) in [6.45, 7) is 5.42. The molecule has 17 heavy (non-hydrogen) atoms. The second-order valence-electron chi connectivity index (χ2n) is 5.36. The van der Waals surface area contributed by atoms with Crippen LogP contribution in [-0.2, 0) is 14.3 Å². The molecule has 0 aromatic heterocycles. The van der Waals surface area contributed by atoms with Crippen LogP contribution in [0.15, 0.2) is 0 Å². The maximum Gasteiger partial charge on any atom is 0.146 e. The van der Waals surface area contributed by atoms with Gasteiger partial charge in [-0.05, 0) is 17.8 Å². The lowest BCUT2D eigenvalue weighted by molar-refractivity contribution is -0.110. The van der Waals surface area contributed by atoms with E-state index in [1.165, 1.54) is 25.7 Å². The third kappa shape index (κ3) is 3.78. The number of carbonyl (C=O) groups excluding carboxylic acids is 1. The first-order chi connectivity index (χ1) is 8.20. The predicted octanol–water partition coefficient (Wildman–Crippen LogP) is 3.03. The average Bonchev–Trinajstić information content (AvgIpc) is 2.90. The fourth-order valence-corrected chi connectivity index (χ4v) is 2.79. The summed E-state index contributed by atoms with van der Waals surface area (Å²) in [7, 11) is 1.62. The Labute approximate surface area is 105 Å². The lowest BCUT2D eigenvalue weighted by Gasteiger charge is -2.11. The van der Waals surface area contributed by atoms with E-state index < -0.39 is 0 Å². The van der Waals surface area contributed by atoms with Gasteiger partial charge in [-0.2, -0.15) is 0 Å². The van der Waals surface area contributed by atoms with Gasteiger partial charge < -0.3 is 14.3 Å². The van der Waals surface area contributed by atoms with Crippen molar-refractivity contribution in [3.63, 3.8) is 0 Å². The minimum atomic E-state index is 0.184. The SMILES string of the molecule is CCCCCC[C@@]1(C)[C@H](COCOC)[C@@H]1C=O. The van der Waals surface area contributed by atoms with Crippen molar-refractivity contribution in [1.29, 1.82) is 0 Å². The molecule has 0 N–H and O–H groups in total. The molecule has 1 fully saturated rings. The van der Waals surface area contributed by atoms with E-state index in [2.05, 4.69) is 13.8 Å². The maximum absolute atomic E-state index is 11.0. The summed E-state index contributed by atoms with van der Waals surface area (Å²) >= 11 is 0. The summed E-state index contributed by atoms with van der Waals surface area (Å²) in [4.78, 5) is 11.0. The first-order valence-corrected chi connectivity index (χ1v) is 6.72. The van der Waals surface area contributed by atoms with Crippen LogP contribution in [0.1, 0.15) is 46.0 Å². The summed E-state index contributed by atoms with van der Waals surface area (Å²) in [5.74, 6) is 0.595. The number of hydrogen-bond acceptors (Lipinski definition) is 3. The maximum atomic E-state index is 11.0. The van der Waals surface area contributed by atoms with E-state index in [0.717, 1.165) is 12.7 Å². The van der Waals surface area contributed by atoms with Crippen LogP contribution in [-0.4, -0.2) is 26.8 Å². The van der Waals surface area contributed by atoms with Crippen molar-refractivity contribution < 1.29 is 14.3 Å². The Hall–Kier alpha value is -0.410. The van der Waals surface area contributed by atoms with E-state index in [4.69, 9.17) is 9.47 Å². The molecule has 0 radical (unpaired) electrons. The fourth-order valence-electron chi connectivity index (χ4n) is 2.79. The minimum Gasteiger partial charge on any atom is -0.359 e. The van der Waals surface area contributed by atoms with E-state index in [1.807, 2.05) is 0 Å². The Balaban J connectivity index is 2.26. The van der Waals surface area contributed by atoms with Crippen LogP contribution in [0.3, 0.4) is 0 Å². The van der Waals surface area contributed by atoms with Crippen LogP contribution in [0.25, 0.3) is 0 Å². The van der Waals surface area contributed by atoms with Gasteiger partial charge in [0.15, 0.2) is 0 Å². The third-order valence-corrected chi connectivity index (χ3v) is 4.15. The van der Waals surface area contributed by atoms with E-state index in [0.29, 0.717) is 19.3 Å². The van der Waals surface area contributed by atoms with Gasteiger partial charge in [-0.15, -0.1) is 0 Å². The number of aldehydes is 1. The second kappa shape index (κ2) is 7.12. The third-order valence-electron chi connectivity index (χ3n) is 4.15. The van der Waals surface area contributed by atoms with Gasteiger partial charge in [0.1, 0.15) is 13.1 Å². The average molecular weight is 242 g/mol. The molecular formula is C14H26O3. The Morgan fingerprint density at radius 1 is 1.29 bits per heavy atom. The zero-order valence-corrected chi connectivity index (χ0v) is 11.4. The second-order valence-corrected chi connectivity index (χ2v) is 5.36. The number of hydrogen-bond donors (Lipinski definition) is 0. The predicted molar refractivity (Wildman–Crippen MR) is 67.7 cm³/mol. The van der Waals surface area contributed by atoms with Gasteiger partial charge >= 0.3 is 0 Å². The van der Waals surface area contributed by atoms with Crippen molar-refractivity contribution in [2.45, 2.75) is 46.0 Å². The summed E-state index contributed by atoms with van der Waals surface area (Å²) < 4.78 is 10.2. The molecule has 3 atom stereocenters. The monoisotopic (exact) mass is 242 g/mol. The molecule has 100 valence electrons. The van der Waals surface area contributed by atoms with E-state index in [9.17, 15) is 4.79 Å². The first kappa shape index (κ1) is 14.7. The number of ether oxygens (including phenoxy) is 2. The molecule has 3 nitrogen and oxygen atoms in total. The summed E-state index contributed by atoms with van der Waals surface area (Å²) in [5, 5.41) is 0. The quantitative estimate of drug-likeness (QED) is 0.335. The van der Waals surface area contributed by atoms with Crippen molar-refractivity contribution in [3.05, 3.63) is 0 Å². The molecule has 0 heterocycles. The molecular weight excluding hydrogens is 216 g/mol. The zero-order chi connectivity index (χ0) is 12.7. The smallest absolute Gasteiger partial charge is 0.146 e. The molecule has 3 heteroatoms. The number of rotatable bonds is 10. The highest BCUT2D eigenvalue weighted by Gasteiger charge is 2.60. The summed E-state index contributed by atoms with van der Waals surface area (Å²) in [6.07, 6.45) is 7.33. The molecule has 0 bridgehead atoms.